The summed E-state index contributed by atoms with van der Waals surface area (Å²) in [5, 5.41) is 9.27. The quantitative estimate of drug-likeness (QED) is 0.607. The molecule has 0 radical (unpaired) electrons. The van der Waals surface area contributed by atoms with E-state index in [2.05, 4.69) is 4.74 Å². The van der Waals surface area contributed by atoms with E-state index in [9.17, 15) is 14.3 Å². The van der Waals surface area contributed by atoms with Crippen molar-refractivity contribution < 1.29 is 23.8 Å². The molecule has 94 valence electrons. The largest absolute Gasteiger partial charge is 0.493 e. The number of methoxy groups -OCH3 is 1. The first-order valence-corrected chi connectivity index (χ1v) is 5.27. The highest BCUT2D eigenvalue weighted by molar-refractivity contribution is 5.74. The number of aliphatic hydroxyl groups is 1. The zero-order valence-electron chi connectivity index (χ0n) is 9.56. The van der Waals surface area contributed by atoms with Gasteiger partial charge in [0.15, 0.2) is 6.10 Å². The van der Waals surface area contributed by atoms with Gasteiger partial charge in [0.25, 0.3) is 0 Å². The Labute approximate surface area is 99.0 Å². The Hall–Kier alpha value is -1.62. The molecule has 0 aromatic heterocycles. The van der Waals surface area contributed by atoms with E-state index < -0.39 is 12.1 Å². The lowest BCUT2D eigenvalue weighted by Gasteiger charge is -2.09. The van der Waals surface area contributed by atoms with Crippen LogP contribution in [0, 0.1) is 5.82 Å². The predicted octanol–water partition coefficient (Wildman–Crippen LogP) is 1.52. The number of carbonyl (C=O) groups is 1. The van der Waals surface area contributed by atoms with Crippen LogP contribution in [0.3, 0.4) is 0 Å². The molecule has 0 spiro atoms. The molecule has 5 heteroatoms. The molecule has 0 saturated heterocycles. The van der Waals surface area contributed by atoms with Crippen molar-refractivity contribution in [3.05, 3.63) is 30.1 Å². The van der Waals surface area contributed by atoms with Gasteiger partial charge in [0, 0.05) is 6.07 Å². The number of carbonyl (C=O) groups excluding carboxylic acids is 1. The van der Waals surface area contributed by atoms with Gasteiger partial charge in [-0.15, -0.1) is 0 Å². The van der Waals surface area contributed by atoms with Gasteiger partial charge in [-0.05, 0) is 25.0 Å². The maximum Gasteiger partial charge on any atom is 0.334 e. The van der Waals surface area contributed by atoms with Crippen molar-refractivity contribution in [1.29, 1.82) is 0 Å². The summed E-state index contributed by atoms with van der Waals surface area (Å²) in [6.45, 7) is 0.303. The lowest BCUT2D eigenvalue weighted by Crippen LogP contribution is -2.22. The Balaban J connectivity index is 2.22. The van der Waals surface area contributed by atoms with Gasteiger partial charge >= 0.3 is 5.97 Å². The number of rotatable bonds is 6. The van der Waals surface area contributed by atoms with E-state index in [1.165, 1.54) is 19.2 Å². The smallest absolute Gasteiger partial charge is 0.334 e. The van der Waals surface area contributed by atoms with Crippen LogP contribution < -0.4 is 4.74 Å². The fourth-order valence-corrected chi connectivity index (χ4v) is 1.28. The van der Waals surface area contributed by atoms with Gasteiger partial charge in [-0.1, -0.05) is 6.07 Å². The van der Waals surface area contributed by atoms with Gasteiger partial charge < -0.3 is 14.6 Å². The molecule has 0 fully saturated rings. The van der Waals surface area contributed by atoms with E-state index in [1.54, 1.807) is 12.1 Å². The molecule has 1 rings (SSSR count). The van der Waals surface area contributed by atoms with Crippen molar-refractivity contribution in [3.63, 3.8) is 0 Å². The number of hydrogen-bond acceptors (Lipinski definition) is 4. The van der Waals surface area contributed by atoms with Gasteiger partial charge in [-0.25, -0.2) is 9.18 Å². The van der Waals surface area contributed by atoms with E-state index >= 15 is 0 Å². The van der Waals surface area contributed by atoms with E-state index in [1.807, 2.05) is 0 Å². The molecule has 4 nitrogen and oxygen atoms in total. The summed E-state index contributed by atoms with van der Waals surface area (Å²) in [5.41, 5.74) is 0. The summed E-state index contributed by atoms with van der Waals surface area (Å²) in [6, 6.07) is 5.79. The van der Waals surface area contributed by atoms with Crippen LogP contribution in [0.5, 0.6) is 5.75 Å². The minimum Gasteiger partial charge on any atom is -0.493 e. The summed E-state index contributed by atoms with van der Waals surface area (Å²) in [5.74, 6) is -0.592. The van der Waals surface area contributed by atoms with Gasteiger partial charge in [0.2, 0.25) is 0 Å². The topological polar surface area (TPSA) is 55.8 Å². The fraction of sp³-hybridized carbons (Fsp3) is 0.417. The first kappa shape index (κ1) is 13.4. The van der Waals surface area contributed by atoms with Crippen LogP contribution in [0.15, 0.2) is 24.3 Å². The van der Waals surface area contributed by atoms with Crippen LogP contribution in [-0.2, 0) is 9.53 Å². The Morgan fingerprint density at radius 2 is 2.29 bits per heavy atom. The third-order valence-corrected chi connectivity index (χ3v) is 2.16. The molecule has 17 heavy (non-hydrogen) atoms. The molecule has 0 heterocycles. The predicted molar refractivity (Wildman–Crippen MR) is 59.2 cm³/mol. The average molecular weight is 242 g/mol. The first-order valence-electron chi connectivity index (χ1n) is 5.27. The molecule has 0 aliphatic heterocycles. The Bertz CT molecular complexity index is 367. The molecular weight excluding hydrogens is 227 g/mol. The van der Waals surface area contributed by atoms with E-state index in [0.717, 1.165) is 0 Å². The number of ether oxygens (including phenoxy) is 2. The standard InChI is InChI=1S/C12H15FO4/c1-16-12(15)11(14)6-3-7-17-10-5-2-4-9(13)8-10/h2,4-5,8,11,14H,3,6-7H2,1H3. The van der Waals surface area contributed by atoms with Crippen LogP contribution in [0.25, 0.3) is 0 Å². The number of hydrogen-bond donors (Lipinski definition) is 1. The Morgan fingerprint density at radius 3 is 2.94 bits per heavy atom. The van der Waals surface area contributed by atoms with Gasteiger partial charge in [-0.2, -0.15) is 0 Å². The zero-order chi connectivity index (χ0) is 12.7. The molecule has 1 aromatic carbocycles. The second kappa shape index (κ2) is 6.85. The number of benzene rings is 1. The average Bonchev–Trinajstić information content (AvgIpc) is 2.33. The SMILES string of the molecule is COC(=O)C(O)CCCOc1cccc(F)c1. The molecule has 0 amide bonds. The first-order chi connectivity index (χ1) is 8.13. The van der Waals surface area contributed by atoms with Gasteiger partial charge in [0.05, 0.1) is 13.7 Å². The maximum absolute atomic E-state index is 12.8. The highest BCUT2D eigenvalue weighted by Gasteiger charge is 2.14. The minimum atomic E-state index is -1.13. The molecule has 0 aliphatic carbocycles. The van der Waals surface area contributed by atoms with Crippen LogP contribution in [0.1, 0.15) is 12.8 Å². The second-order valence-corrected chi connectivity index (χ2v) is 3.49. The molecule has 1 aromatic rings. The maximum atomic E-state index is 12.8. The monoisotopic (exact) mass is 242 g/mol. The van der Waals surface area contributed by atoms with Crippen molar-refractivity contribution in [2.45, 2.75) is 18.9 Å². The summed E-state index contributed by atoms with van der Waals surface area (Å²) in [6.07, 6.45) is -0.398. The summed E-state index contributed by atoms with van der Waals surface area (Å²) < 4.78 is 22.4. The van der Waals surface area contributed by atoms with Crippen molar-refractivity contribution in [3.8, 4) is 5.75 Å². The van der Waals surface area contributed by atoms with E-state index in [0.29, 0.717) is 18.8 Å². The Morgan fingerprint density at radius 1 is 1.53 bits per heavy atom. The number of aliphatic hydroxyl groups excluding tert-OH is 1. The molecule has 0 aliphatic rings. The van der Waals surface area contributed by atoms with E-state index in [-0.39, 0.29) is 12.2 Å². The fourth-order valence-electron chi connectivity index (χ4n) is 1.28. The summed E-state index contributed by atoms with van der Waals surface area (Å²) in [4.78, 5) is 10.9. The number of halogens is 1. The number of esters is 1. The molecule has 1 N–H and O–H groups in total. The summed E-state index contributed by atoms with van der Waals surface area (Å²) >= 11 is 0. The van der Waals surface area contributed by atoms with Gasteiger partial charge in [0.1, 0.15) is 11.6 Å². The minimum absolute atomic E-state index is 0.252. The van der Waals surface area contributed by atoms with Crippen molar-refractivity contribution in [1.82, 2.24) is 0 Å². The third-order valence-electron chi connectivity index (χ3n) is 2.16. The van der Waals surface area contributed by atoms with Crippen molar-refractivity contribution in [2.75, 3.05) is 13.7 Å². The highest BCUT2D eigenvalue weighted by Crippen LogP contribution is 2.12. The second-order valence-electron chi connectivity index (χ2n) is 3.49. The van der Waals surface area contributed by atoms with Crippen molar-refractivity contribution in [2.24, 2.45) is 0 Å². The highest BCUT2D eigenvalue weighted by atomic mass is 19.1. The van der Waals surface area contributed by atoms with Crippen molar-refractivity contribution >= 4 is 5.97 Å². The third kappa shape index (κ3) is 4.82. The van der Waals surface area contributed by atoms with E-state index in [4.69, 9.17) is 4.74 Å². The van der Waals surface area contributed by atoms with Crippen LogP contribution in [0.2, 0.25) is 0 Å². The van der Waals surface area contributed by atoms with Gasteiger partial charge in [-0.3, -0.25) is 0 Å². The molecular formula is C12H15FO4. The van der Waals surface area contributed by atoms with Crippen LogP contribution in [0.4, 0.5) is 4.39 Å². The summed E-state index contributed by atoms with van der Waals surface area (Å²) in [7, 11) is 1.22. The lowest BCUT2D eigenvalue weighted by molar-refractivity contribution is -0.150. The molecule has 0 bridgehead atoms. The molecule has 0 saturated carbocycles. The molecule has 1 atom stereocenters. The normalized spacial score (nSPS) is 11.9. The van der Waals surface area contributed by atoms with Crippen LogP contribution in [-0.4, -0.2) is 30.9 Å². The zero-order valence-corrected chi connectivity index (χ0v) is 9.56. The van der Waals surface area contributed by atoms with Crippen LogP contribution >= 0.6 is 0 Å². The molecule has 1 unspecified atom stereocenters. The lowest BCUT2D eigenvalue weighted by atomic mass is 10.2. The Kier molecular flexibility index (Phi) is 5.42.